The Morgan fingerprint density at radius 3 is 2.71 bits per heavy atom. The Labute approximate surface area is 143 Å². The fraction of sp³-hybridized carbons (Fsp3) is 0.579. The van der Waals surface area contributed by atoms with Crippen molar-refractivity contribution in [1.29, 1.82) is 0 Å². The van der Waals surface area contributed by atoms with E-state index in [1.54, 1.807) is 24.3 Å². The van der Waals surface area contributed by atoms with Gasteiger partial charge in [0.2, 0.25) is 5.91 Å². The van der Waals surface area contributed by atoms with Gasteiger partial charge in [-0.1, -0.05) is 12.8 Å². The number of nitrogens with one attached hydrogen (secondary N) is 1. The normalized spacial score (nSPS) is 24.2. The number of carbonyl (C=O) groups is 2. The van der Waals surface area contributed by atoms with Crippen LogP contribution in [0.1, 0.15) is 49.4 Å². The zero-order valence-electron chi connectivity index (χ0n) is 14.3. The van der Waals surface area contributed by atoms with Crippen molar-refractivity contribution in [1.82, 2.24) is 4.90 Å². The molecule has 1 amide bonds. The summed E-state index contributed by atoms with van der Waals surface area (Å²) >= 11 is 0. The number of morpholine rings is 1. The zero-order chi connectivity index (χ0) is 16.9. The lowest BCUT2D eigenvalue weighted by molar-refractivity contribution is -0.118. The summed E-state index contributed by atoms with van der Waals surface area (Å²) in [6.45, 7) is 4.01. The maximum absolute atomic E-state index is 12.2. The van der Waals surface area contributed by atoms with Crippen LogP contribution < -0.4 is 5.32 Å². The van der Waals surface area contributed by atoms with E-state index in [-0.39, 0.29) is 11.7 Å². The van der Waals surface area contributed by atoms with Crippen molar-refractivity contribution in [2.24, 2.45) is 0 Å². The van der Waals surface area contributed by atoms with Crippen molar-refractivity contribution in [3.05, 3.63) is 29.8 Å². The first-order valence-corrected chi connectivity index (χ1v) is 8.90. The lowest BCUT2D eigenvalue weighted by Gasteiger charge is -2.43. The second kappa shape index (κ2) is 7.90. The van der Waals surface area contributed by atoms with Gasteiger partial charge < -0.3 is 10.1 Å². The minimum atomic E-state index is 0.0180. The highest BCUT2D eigenvalue weighted by Crippen LogP contribution is 2.28. The third-order valence-electron chi connectivity index (χ3n) is 5.05. The van der Waals surface area contributed by atoms with Crippen LogP contribution in [0.25, 0.3) is 0 Å². The summed E-state index contributed by atoms with van der Waals surface area (Å²) in [5.41, 5.74) is 1.40. The topological polar surface area (TPSA) is 58.6 Å². The van der Waals surface area contributed by atoms with Gasteiger partial charge in [-0.15, -0.1) is 0 Å². The first-order chi connectivity index (χ1) is 11.6. The third-order valence-corrected chi connectivity index (χ3v) is 5.05. The van der Waals surface area contributed by atoms with Gasteiger partial charge in [0.25, 0.3) is 0 Å². The van der Waals surface area contributed by atoms with Crippen LogP contribution in [-0.4, -0.2) is 48.4 Å². The molecular weight excluding hydrogens is 304 g/mol. The van der Waals surface area contributed by atoms with E-state index in [9.17, 15) is 9.59 Å². The largest absolute Gasteiger partial charge is 0.375 e. The molecule has 0 aromatic heterocycles. The smallest absolute Gasteiger partial charge is 0.225 e. The number of hydrogen-bond acceptors (Lipinski definition) is 4. The summed E-state index contributed by atoms with van der Waals surface area (Å²) in [4.78, 5) is 25.9. The van der Waals surface area contributed by atoms with Gasteiger partial charge in [0.15, 0.2) is 5.78 Å². The van der Waals surface area contributed by atoms with Crippen molar-refractivity contribution < 1.29 is 14.3 Å². The number of amides is 1. The third kappa shape index (κ3) is 4.22. The SMILES string of the molecule is CC(=O)c1ccc(NC(=O)CCN2CCO[C@@H]3CCCC[C@@H]32)cc1. The molecule has 1 aliphatic heterocycles. The lowest BCUT2D eigenvalue weighted by Crippen LogP contribution is -2.53. The minimum absolute atomic E-state index is 0.0180. The predicted molar refractivity (Wildman–Crippen MR) is 93.3 cm³/mol. The van der Waals surface area contributed by atoms with Gasteiger partial charge in [0.05, 0.1) is 12.7 Å². The fourth-order valence-corrected chi connectivity index (χ4v) is 3.71. The molecule has 2 atom stereocenters. The zero-order valence-corrected chi connectivity index (χ0v) is 14.3. The van der Waals surface area contributed by atoms with Gasteiger partial charge in [-0.25, -0.2) is 0 Å². The summed E-state index contributed by atoms with van der Waals surface area (Å²) < 4.78 is 5.88. The van der Waals surface area contributed by atoms with E-state index in [0.717, 1.165) is 31.8 Å². The summed E-state index contributed by atoms with van der Waals surface area (Å²) in [6.07, 6.45) is 5.68. The van der Waals surface area contributed by atoms with E-state index in [4.69, 9.17) is 4.74 Å². The minimum Gasteiger partial charge on any atom is -0.375 e. The van der Waals surface area contributed by atoms with Crippen LogP contribution in [-0.2, 0) is 9.53 Å². The van der Waals surface area contributed by atoms with Gasteiger partial charge in [-0.3, -0.25) is 14.5 Å². The number of nitrogens with zero attached hydrogens (tertiary/aromatic N) is 1. The molecule has 1 saturated carbocycles. The molecule has 0 spiro atoms. The van der Waals surface area contributed by atoms with Crippen LogP contribution in [0.2, 0.25) is 0 Å². The second-order valence-electron chi connectivity index (χ2n) is 6.73. The second-order valence-corrected chi connectivity index (χ2v) is 6.73. The highest BCUT2D eigenvalue weighted by molar-refractivity contribution is 5.95. The highest BCUT2D eigenvalue weighted by Gasteiger charge is 2.33. The number of rotatable bonds is 5. The Morgan fingerprint density at radius 1 is 1.21 bits per heavy atom. The Morgan fingerprint density at radius 2 is 1.96 bits per heavy atom. The average Bonchev–Trinajstić information content (AvgIpc) is 2.60. The molecule has 1 aromatic rings. The summed E-state index contributed by atoms with van der Waals surface area (Å²) in [5.74, 6) is 0.0478. The van der Waals surface area contributed by atoms with Gasteiger partial charge >= 0.3 is 0 Å². The van der Waals surface area contributed by atoms with E-state index in [1.807, 2.05) is 0 Å². The first-order valence-electron chi connectivity index (χ1n) is 8.90. The van der Waals surface area contributed by atoms with Crippen LogP contribution in [0, 0.1) is 0 Å². The molecule has 1 aliphatic carbocycles. The molecule has 1 heterocycles. The number of ether oxygens (including phenoxy) is 1. The summed E-state index contributed by atoms with van der Waals surface area (Å²) in [5, 5.41) is 2.91. The van der Waals surface area contributed by atoms with Gasteiger partial charge in [0, 0.05) is 36.8 Å². The number of fused-ring (bicyclic) bond motifs is 1. The molecule has 1 N–H and O–H groups in total. The number of ketones is 1. The average molecular weight is 330 g/mol. The van der Waals surface area contributed by atoms with Crippen molar-refractivity contribution in [3.8, 4) is 0 Å². The fourth-order valence-electron chi connectivity index (χ4n) is 3.71. The van der Waals surface area contributed by atoms with Gasteiger partial charge in [-0.2, -0.15) is 0 Å². The highest BCUT2D eigenvalue weighted by atomic mass is 16.5. The molecular formula is C19H26N2O3. The molecule has 1 saturated heterocycles. The first kappa shape index (κ1) is 17.1. The number of anilines is 1. The van der Waals surface area contributed by atoms with Crippen molar-refractivity contribution in [3.63, 3.8) is 0 Å². The quantitative estimate of drug-likeness (QED) is 0.844. The maximum atomic E-state index is 12.2. The van der Waals surface area contributed by atoms with Crippen molar-refractivity contribution in [2.45, 2.75) is 51.2 Å². The van der Waals surface area contributed by atoms with E-state index in [0.29, 0.717) is 24.1 Å². The Hall–Kier alpha value is -1.72. The van der Waals surface area contributed by atoms with Crippen LogP contribution >= 0.6 is 0 Å². The van der Waals surface area contributed by atoms with Gasteiger partial charge in [0.1, 0.15) is 0 Å². The van der Waals surface area contributed by atoms with Crippen LogP contribution in [0.3, 0.4) is 0 Å². The predicted octanol–water partition coefficient (Wildman–Crippen LogP) is 2.86. The molecule has 0 radical (unpaired) electrons. The number of hydrogen-bond donors (Lipinski definition) is 1. The summed E-state index contributed by atoms with van der Waals surface area (Å²) in [7, 11) is 0. The van der Waals surface area contributed by atoms with Crippen LogP contribution in [0.5, 0.6) is 0 Å². The molecule has 24 heavy (non-hydrogen) atoms. The van der Waals surface area contributed by atoms with E-state index in [2.05, 4.69) is 10.2 Å². The molecule has 5 nitrogen and oxygen atoms in total. The van der Waals surface area contributed by atoms with E-state index in [1.165, 1.54) is 26.2 Å². The maximum Gasteiger partial charge on any atom is 0.225 e. The van der Waals surface area contributed by atoms with Crippen LogP contribution in [0.4, 0.5) is 5.69 Å². The number of Topliss-reactive ketones (excluding diaryl/α,β-unsaturated/α-hetero) is 1. The van der Waals surface area contributed by atoms with Crippen molar-refractivity contribution in [2.75, 3.05) is 25.0 Å². The van der Waals surface area contributed by atoms with E-state index < -0.39 is 0 Å². The molecule has 2 aliphatic rings. The lowest BCUT2D eigenvalue weighted by atomic mass is 9.90. The molecule has 2 fully saturated rings. The molecule has 0 unspecified atom stereocenters. The van der Waals surface area contributed by atoms with Crippen molar-refractivity contribution >= 4 is 17.4 Å². The van der Waals surface area contributed by atoms with Gasteiger partial charge in [-0.05, 0) is 44.0 Å². The molecule has 0 bridgehead atoms. The monoisotopic (exact) mass is 330 g/mol. The Bertz CT molecular complexity index is 583. The standard InChI is InChI=1S/C19H26N2O3/c1-14(22)15-6-8-16(9-7-15)20-19(23)10-11-21-12-13-24-18-5-3-2-4-17(18)21/h6-9,17-18H,2-5,10-13H2,1H3,(H,20,23)/t17-,18+/m0/s1. The Balaban J connectivity index is 1.49. The summed E-state index contributed by atoms with van der Waals surface area (Å²) in [6, 6.07) is 7.52. The molecule has 5 heteroatoms. The number of carbonyl (C=O) groups excluding carboxylic acids is 2. The molecule has 1 aromatic carbocycles. The molecule has 3 rings (SSSR count). The van der Waals surface area contributed by atoms with E-state index >= 15 is 0 Å². The molecule has 130 valence electrons. The Kier molecular flexibility index (Phi) is 5.63. The van der Waals surface area contributed by atoms with Crippen LogP contribution in [0.15, 0.2) is 24.3 Å². The number of benzene rings is 1.